The van der Waals surface area contributed by atoms with E-state index in [1.807, 2.05) is 0 Å². The minimum atomic E-state index is -0.991. The first kappa shape index (κ1) is 18.0. The number of nitro groups is 1. The number of nitrogens with zero attached hydrogens (tertiary/aromatic N) is 1. The highest BCUT2D eigenvalue weighted by atomic mass is 35.5. The van der Waals surface area contributed by atoms with Gasteiger partial charge in [-0.25, -0.2) is 0 Å². The quantitative estimate of drug-likeness (QED) is 0.620. The molecule has 0 aliphatic heterocycles. The van der Waals surface area contributed by atoms with Crippen LogP contribution in [0.15, 0.2) is 36.4 Å². The van der Waals surface area contributed by atoms with E-state index in [-0.39, 0.29) is 16.5 Å². The Morgan fingerprint density at radius 3 is 2.62 bits per heavy atom. The van der Waals surface area contributed by atoms with E-state index in [0.29, 0.717) is 5.02 Å². The molecule has 0 bridgehead atoms. The molecule has 126 valence electrons. The molecule has 2 aromatic carbocycles. The summed E-state index contributed by atoms with van der Waals surface area (Å²) in [6.07, 6.45) is -0.951. The molecule has 0 spiro atoms. The standard InChI is InChI=1S/C15H11Cl2FN2O4/c1-8(24-14-5-2-9(16)6-11(14)17)15(21)19-10-3-4-12(18)13(7-10)20(22)23/h2-8H,1H3,(H,19,21)/t8-/m0/s1. The van der Waals surface area contributed by atoms with E-state index >= 15 is 0 Å². The molecule has 9 heteroatoms. The summed E-state index contributed by atoms with van der Waals surface area (Å²) in [5.41, 5.74) is -0.659. The Kier molecular flexibility index (Phi) is 5.58. The number of nitro benzene ring substituents is 1. The first-order valence-electron chi connectivity index (χ1n) is 6.64. The molecule has 2 rings (SSSR count). The van der Waals surface area contributed by atoms with Crippen LogP contribution < -0.4 is 10.1 Å². The van der Waals surface area contributed by atoms with Crippen LogP contribution in [-0.2, 0) is 4.79 Å². The van der Waals surface area contributed by atoms with Gasteiger partial charge in [-0.3, -0.25) is 14.9 Å². The second kappa shape index (κ2) is 7.46. The first-order valence-corrected chi connectivity index (χ1v) is 7.40. The van der Waals surface area contributed by atoms with Gasteiger partial charge in [0.05, 0.1) is 9.95 Å². The summed E-state index contributed by atoms with van der Waals surface area (Å²) in [6.45, 7) is 1.47. The Balaban J connectivity index is 2.09. The molecule has 0 aliphatic carbocycles. The summed E-state index contributed by atoms with van der Waals surface area (Å²) in [4.78, 5) is 21.9. The molecule has 0 fully saturated rings. The smallest absolute Gasteiger partial charge is 0.306 e. The molecule has 24 heavy (non-hydrogen) atoms. The van der Waals surface area contributed by atoms with Gasteiger partial charge in [0.15, 0.2) is 6.10 Å². The van der Waals surface area contributed by atoms with Gasteiger partial charge in [0, 0.05) is 16.8 Å². The van der Waals surface area contributed by atoms with Crippen molar-refractivity contribution in [3.05, 3.63) is 62.4 Å². The van der Waals surface area contributed by atoms with E-state index in [1.165, 1.54) is 25.1 Å². The third-order valence-electron chi connectivity index (χ3n) is 2.98. The van der Waals surface area contributed by atoms with Gasteiger partial charge in [0.25, 0.3) is 5.91 Å². The number of carbonyl (C=O) groups is 1. The topological polar surface area (TPSA) is 81.5 Å². The van der Waals surface area contributed by atoms with Gasteiger partial charge in [-0.05, 0) is 37.3 Å². The van der Waals surface area contributed by atoms with Crippen LogP contribution in [0.2, 0.25) is 10.0 Å². The highest BCUT2D eigenvalue weighted by molar-refractivity contribution is 6.35. The van der Waals surface area contributed by atoms with Gasteiger partial charge in [0.1, 0.15) is 5.75 Å². The lowest BCUT2D eigenvalue weighted by molar-refractivity contribution is -0.387. The number of ether oxygens (including phenoxy) is 1. The molecule has 0 aromatic heterocycles. The summed E-state index contributed by atoms with van der Waals surface area (Å²) in [5.74, 6) is -1.31. The van der Waals surface area contributed by atoms with E-state index in [2.05, 4.69) is 5.32 Å². The van der Waals surface area contributed by atoms with E-state index in [9.17, 15) is 19.3 Å². The lowest BCUT2D eigenvalue weighted by Gasteiger charge is -2.15. The van der Waals surface area contributed by atoms with Crippen LogP contribution in [0.4, 0.5) is 15.8 Å². The highest BCUT2D eigenvalue weighted by Crippen LogP contribution is 2.28. The summed E-state index contributed by atoms with van der Waals surface area (Å²) in [5, 5.41) is 13.8. The number of carbonyl (C=O) groups excluding carboxylic acids is 1. The molecule has 2 aromatic rings. The van der Waals surface area contributed by atoms with Crippen molar-refractivity contribution in [1.82, 2.24) is 0 Å². The van der Waals surface area contributed by atoms with Gasteiger partial charge in [-0.15, -0.1) is 0 Å². The first-order chi connectivity index (χ1) is 11.3. The molecule has 0 saturated carbocycles. The second-order valence-electron chi connectivity index (χ2n) is 4.75. The number of anilines is 1. The molecule has 0 radical (unpaired) electrons. The maximum Gasteiger partial charge on any atom is 0.306 e. The van der Waals surface area contributed by atoms with Crippen molar-refractivity contribution in [1.29, 1.82) is 0 Å². The van der Waals surface area contributed by atoms with Crippen LogP contribution in [0, 0.1) is 15.9 Å². The van der Waals surface area contributed by atoms with Crippen molar-refractivity contribution in [3.63, 3.8) is 0 Å². The lowest BCUT2D eigenvalue weighted by atomic mass is 10.2. The largest absolute Gasteiger partial charge is 0.479 e. The Morgan fingerprint density at radius 2 is 2.00 bits per heavy atom. The molecule has 1 atom stereocenters. The van der Waals surface area contributed by atoms with Crippen molar-refractivity contribution in [2.75, 3.05) is 5.32 Å². The number of halogens is 3. The molecule has 0 saturated heterocycles. The maximum atomic E-state index is 13.3. The number of amides is 1. The lowest BCUT2D eigenvalue weighted by Crippen LogP contribution is -2.30. The number of hydrogen-bond acceptors (Lipinski definition) is 4. The Hall–Kier alpha value is -2.38. The monoisotopic (exact) mass is 372 g/mol. The van der Waals surface area contributed by atoms with Crippen molar-refractivity contribution in [2.24, 2.45) is 0 Å². The summed E-state index contributed by atoms with van der Waals surface area (Å²) >= 11 is 11.7. The molecular weight excluding hydrogens is 362 g/mol. The molecule has 6 nitrogen and oxygen atoms in total. The molecular formula is C15H11Cl2FN2O4. The minimum absolute atomic E-state index is 0.0748. The third-order valence-corrected chi connectivity index (χ3v) is 3.51. The van der Waals surface area contributed by atoms with Crippen LogP contribution in [0.25, 0.3) is 0 Å². The number of rotatable bonds is 5. The van der Waals surface area contributed by atoms with Crippen molar-refractivity contribution in [3.8, 4) is 5.75 Å². The predicted molar refractivity (Wildman–Crippen MR) is 88.2 cm³/mol. The van der Waals surface area contributed by atoms with E-state index < -0.39 is 28.4 Å². The van der Waals surface area contributed by atoms with Gasteiger partial charge in [0.2, 0.25) is 5.82 Å². The number of hydrogen-bond donors (Lipinski definition) is 1. The zero-order chi connectivity index (χ0) is 17.9. The predicted octanol–water partition coefficient (Wildman–Crippen LogP) is 4.45. The average molecular weight is 373 g/mol. The van der Waals surface area contributed by atoms with Crippen molar-refractivity contribution in [2.45, 2.75) is 13.0 Å². The van der Waals surface area contributed by atoms with E-state index in [0.717, 1.165) is 12.1 Å². The van der Waals surface area contributed by atoms with Crippen LogP contribution >= 0.6 is 23.2 Å². The average Bonchev–Trinajstić information content (AvgIpc) is 2.51. The van der Waals surface area contributed by atoms with Gasteiger partial charge >= 0.3 is 5.69 Å². The zero-order valence-electron chi connectivity index (χ0n) is 12.3. The Labute approximate surface area is 146 Å². The second-order valence-corrected chi connectivity index (χ2v) is 5.59. The van der Waals surface area contributed by atoms with Crippen LogP contribution in [-0.4, -0.2) is 16.9 Å². The molecule has 0 aliphatic rings. The normalized spacial score (nSPS) is 11.7. The summed E-state index contributed by atoms with van der Waals surface area (Å²) < 4.78 is 18.7. The fraction of sp³-hybridized carbons (Fsp3) is 0.133. The van der Waals surface area contributed by atoms with Gasteiger partial charge in [-0.2, -0.15) is 4.39 Å². The van der Waals surface area contributed by atoms with Crippen LogP contribution in [0.3, 0.4) is 0 Å². The van der Waals surface area contributed by atoms with Crippen molar-refractivity contribution < 1.29 is 18.8 Å². The molecule has 0 heterocycles. The SMILES string of the molecule is C[C@H](Oc1ccc(Cl)cc1Cl)C(=O)Nc1ccc(F)c([N+](=O)[O-])c1. The van der Waals surface area contributed by atoms with Gasteiger partial charge in [-0.1, -0.05) is 23.2 Å². The molecule has 0 unspecified atom stereocenters. The number of nitrogens with one attached hydrogen (secondary N) is 1. The summed E-state index contributed by atoms with van der Waals surface area (Å²) in [6, 6.07) is 7.56. The van der Waals surface area contributed by atoms with E-state index in [4.69, 9.17) is 27.9 Å². The highest BCUT2D eigenvalue weighted by Gasteiger charge is 2.19. The molecule has 1 N–H and O–H groups in total. The number of benzene rings is 2. The summed E-state index contributed by atoms with van der Waals surface area (Å²) in [7, 11) is 0. The maximum absolute atomic E-state index is 13.3. The third kappa shape index (κ3) is 4.33. The fourth-order valence-corrected chi connectivity index (χ4v) is 2.24. The molecule has 1 amide bonds. The van der Waals surface area contributed by atoms with Crippen LogP contribution in [0.5, 0.6) is 5.75 Å². The minimum Gasteiger partial charge on any atom is -0.479 e. The van der Waals surface area contributed by atoms with Crippen molar-refractivity contribution >= 4 is 40.5 Å². The van der Waals surface area contributed by atoms with Gasteiger partial charge < -0.3 is 10.1 Å². The fourth-order valence-electron chi connectivity index (χ4n) is 1.79. The Morgan fingerprint density at radius 1 is 1.29 bits per heavy atom. The zero-order valence-corrected chi connectivity index (χ0v) is 13.8. The Bertz CT molecular complexity index is 801. The van der Waals surface area contributed by atoms with E-state index in [1.54, 1.807) is 6.07 Å². The van der Waals surface area contributed by atoms with Crippen LogP contribution in [0.1, 0.15) is 6.92 Å².